The highest BCUT2D eigenvalue weighted by Crippen LogP contribution is 2.16. The van der Waals surface area contributed by atoms with Gasteiger partial charge in [-0.1, -0.05) is 36.4 Å². The highest BCUT2D eigenvalue weighted by atomic mass is 19.4. The molecule has 1 rings (SSSR count). The van der Waals surface area contributed by atoms with E-state index < -0.39 is 12.0 Å². The molecule has 0 radical (unpaired) electrons. The van der Waals surface area contributed by atoms with Crippen molar-refractivity contribution in [2.75, 3.05) is 0 Å². The Morgan fingerprint density at radius 3 is 2.38 bits per heavy atom. The first-order valence-electron chi connectivity index (χ1n) is 4.82. The van der Waals surface area contributed by atoms with Crippen LogP contribution in [0.4, 0.5) is 13.2 Å². The van der Waals surface area contributed by atoms with Gasteiger partial charge in [-0.05, 0) is 24.5 Å². The van der Waals surface area contributed by atoms with Crippen LogP contribution in [0, 0.1) is 0 Å². The Labute approximate surface area is 91.6 Å². The van der Waals surface area contributed by atoms with Gasteiger partial charge >= 0.3 is 6.18 Å². The van der Waals surface area contributed by atoms with Crippen LogP contribution in [0.5, 0.6) is 0 Å². The van der Waals surface area contributed by atoms with E-state index in [1.807, 2.05) is 30.3 Å². The molecule has 0 N–H and O–H groups in total. The third-order valence-electron chi connectivity index (χ3n) is 1.99. The molecule has 1 aromatic rings. The van der Waals surface area contributed by atoms with E-state index in [4.69, 9.17) is 0 Å². The number of rotatable bonds is 4. The molecule has 86 valence electrons. The first-order valence-corrected chi connectivity index (χ1v) is 4.82. The normalized spacial score (nSPS) is 11.9. The Kier molecular flexibility index (Phi) is 4.28. The number of hydrogen-bond acceptors (Lipinski definition) is 1. The molecule has 0 aliphatic carbocycles. The number of aryl methyl sites for hydroxylation is 1. The Morgan fingerprint density at radius 2 is 1.81 bits per heavy atom. The topological polar surface area (TPSA) is 17.1 Å². The summed E-state index contributed by atoms with van der Waals surface area (Å²) < 4.78 is 35.4. The van der Waals surface area contributed by atoms with E-state index in [2.05, 4.69) is 0 Å². The van der Waals surface area contributed by atoms with Gasteiger partial charge in [0.25, 0.3) is 5.78 Å². The van der Waals surface area contributed by atoms with E-state index in [1.165, 1.54) is 6.08 Å². The van der Waals surface area contributed by atoms with Crippen molar-refractivity contribution >= 4 is 5.78 Å². The van der Waals surface area contributed by atoms with Crippen LogP contribution in [0.25, 0.3) is 0 Å². The standard InChI is InChI=1S/C12H11F3O/c13-12(14,15)11(16)9-5-4-8-10-6-2-1-3-7-10/h1-3,5-7,9H,4,8H2/b9-5+. The number of benzene rings is 1. The third kappa shape index (κ3) is 4.29. The lowest BCUT2D eigenvalue weighted by atomic mass is 10.1. The van der Waals surface area contributed by atoms with E-state index in [0.29, 0.717) is 18.9 Å². The molecular formula is C12H11F3O. The van der Waals surface area contributed by atoms with Gasteiger partial charge in [-0.3, -0.25) is 4.79 Å². The number of alkyl halides is 3. The molecule has 16 heavy (non-hydrogen) atoms. The second kappa shape index (κ2) is 5.49. The molecule has 0 heterocycles. The number of carbonyl (C=O) groups excluding carboxylic acids is 1. The summed E-state index contributed by atoms with van der Waals surface area (Å²) in [5.74, 6) is -1.81. The van der Waals surface area contributed by atoms with Crippen LogP contribution in [0.3, 0.4) is 0 Å². The van der Waals surface area contributed by atoms with Gasteiger partial charge in [-0.2, -0.15) is 13.2 Å². The highest BCUT2D eigenvalue weighted by Gasteiger charge is 2.35. The zero-order valence-corrected chi connectivity index (χ0v) is 8.50. The van der Waals surface area contributed by atoms with Crippen molar-refractivity contribution in [3.8, 4) is 0 Å². The van der Waals surface area contributed by atoms with Crippen molar-refractivity contribution in [3.63, 3.8) is 0 Å². The van der Waals surface area contributed by atoms with Gasteiger partial charge in [0.15, 0.2) is 0 Å². The molecule has 0 aromatic heterocycles. The van der Waals surface area contributed by atoms with Crippen molar-refractivity contribution in [3.05, 3.63) is 48.0 Å². The maximum Gasteiger partial charge on any atom is 0.454 e. The van der Waals surface area contributed by atoms with Gasteiger partial charge in [0.05, 0.1) is 0 Å². The summed E-state index contributed by atoms with van der Waals surface area (Å²) in [4.78, 5) is 10.5. The number of ketones is 1. The lowest BCUT2D eigenvalue weighted by molar-refractivity contribution is -0.165. The molecule has 0 saturated carbocycles. The summed E-state index contributed by atoms with van der Waals surface area (Å²) in [6, 6.07) is 9.37. The lowest BCUT2D eigenvalue weighted by Gasteiger charge is -1.99. The minimum atomic E-state index is -4.76. The Morgan fingerprint density at radius 1 is 1.19 bits per heavy atom. The molecule has 0 unspecified atom stereocenters. The maximum absolute atomic E-state index is 11.8. The Hall–Kier alpha value is -1.58. The summed E-state index contributed by atoms with van der Waals surface area (Å²) in [5, 5.41) is 0. The smallest absolute Gasteiger partial charge is 0.285 e. The van der Waals surface area contributed by atoms with Crippen molar-refractivity contribution in [1.29, 1.82) is 0 Å². The number of allylic oxidation sites excluding steroid dienone is 2. The average molecular weight is 228 g/mol. The SMILES string of the molecule is O=C(/C=C/CCc1ccccc1)C(F)(F)F. The van der Waals surface area contributed by atoms with Crippen molar-refractivity contribution in [2.45, 2.75) is 19.0 Å². The summed E-state index contributed by atoms with van der Waals surface area (Å²) in [6.45, 7) is 0. The fourth-order valence-electron chi connectivity index (χ4n) is 1.18. The van der Waals surface area contributed by atoms with E-state index in [-0.39, 0.29) is 0 Å². The quantitative estimate of drug-likeness (QED) is 0.722. The monoisotopic (exact) mass is 228 g/mol. The molecule has 0 atom stereocenters. The zero-order valence-electron chi connectivity index (χ0n) is 8.50. The van der Waals surface area contributed by atoms with Crippen molar-refractivity contribution in [2.24, 2.45) is 0 Å². The maximum atomic E-state index is 11.8. The first kappa shape index (κ1) is 12.5. The van der Waals surface area contributed by atoms with Gasteiger partial charge < -0.3 is 0 Å². The second-order valence-corrected chi connectivity index (χ2v) is 3.29. The minimum Gasteiger partial charge on any atom is -0.285 e. The first-order chi connectivity index (χ1) is 7.50. The lowest BCUT2D eigenvalue weighted by Crippen LogP contribution is -2.19. The van der Waals surface area contributed by atoms with Crippen molar-refractivity contribution < 1.29 is 18.0 Å². The molecule has 0 spiro atoms. The second-order valence-electron chi connectivity index (χ2n) is 3.29. The predicted octanol–water partition coefficient (Wildman–Crippen LogP) is 3.31. The summed E-state index contributed by atoms with van der Waals surface area (Å²) in [6.07, 6.45) is -1.87. The van der Waals surface area contributed by atoms with E-state index in [9.17, 15) is 18.0 Å². The van der Waals surface area contributed by atoms with E-state index >= 15 is 0 Å². The number of hydrogen-bond donors (Lipinski definition) is 0. The third-order valence-corrected chi connectivity index (χ3v) is 1.99. The summed E-state index contributed by atoms with van der Waals surface area (Å²) >= 11 is 0. The van der Waals surface area contributed by atoms with Gasteiger partial charge in [0, 0.05) is 0 Å². The van der Waals surface area contributed by atoms with Gasteiger partial charge in [-0.25, -0.2) is 0 Å². The average Bonchev–Trinajstić information content (AvgIpc) is 2.24. The van der Waals surface area contributed by atoms with Crippen LogP contribution in [-0.2, 0) is 11.2 Å². The summed E-state index contributed by atoms with van der Waals surface area (Å²) in [5.41, 5.74) is 1.03. The largest absolute Gasteiger partial charge is 0.454 e. The summed E-state index contributed by atoms with van der Waals surface area (Å²) in [7, 11) is 0. The van der Waals surface area contributed by atoms with Crippen LogP contribution < -0.4 is 0 Å². The number of carbonyl (C=O) groups is 1. The van der Waals surface area contributed by atoms with Gasteiger partial charge in [-0.15, -0.1) is 0 Å². The molecule has 0 aliphatic rings. The molecule has 0 amide bonds. The fraction of sp³-hybridized carbons (Fsp3) is 0.250. The molecular weight excluding hydrogens is 217 g/mol. The minimum absolute atomic E-state index is 0.422. The van der Waals surface area contributed by atoms with Gasteiger partial charge in [0.2, 0.25) is 0 Å². The van der Waals surface area contributed by atoms with E-state index in [1.54, 1.807) is 0 Å². The molecule has 0 saturated heterocycles. The van der Waals surface area contributed by atoms with Gasteiger partial charge in [0.1, 0.15) is 0 Å². The number of halogens is 3. The van der Waals surface area contributed by atoms with Crippen molar-refractivity contribution in [1.82, 2.24) is 0 Å². The van der Waals surface area contributed by atoms with Crippen LogP contribution in [0.2, 0.25) is 0 Å². The van der Waals surface area contributed by atoms with E-state index in [0.717, 1.165) is 5.56 Å². The predicted molar refractivity (Wildman–Crippen MR) is 55.0 cm³/mol. The molecule has 0 bridgehead atoms. The molecule has 0 fully saturated rings. The highest BCUT2D eigenvalue weighted by molar-refractivity contribution is 5.94. The fourth-order valence-corrected chi connectivity index (χ4v) is 1.18. The zero-order chi connectivity index (χ0) is 12.0. The Balaban J connectivity index is 2.37. The van der Waals surface area contributed by atoms with Crippen LogP contribution >= 0.6 is 0 Å². The molecule has 4 heteroatoms. The van der Waals surface area contributed by atoms with Crippen LogP contribution in [0.1, 0.15) is 12.0 Å². The molecule has 0 aliphatic heterocycles. The Bertz CT molecular complexity index is 366. The molecule has 1 aromatic carbocycles. The van der Waals surface area contributed by atoms with Crippen LogP contribution in [0.15, 0.2) is 42.5 Å². The van der Waals surface area contributed by atoms with Crippen LogP contribution in [-0.4, -0.2) is 12.0 Å². The molecule has 1 nitrogen and oxygen atoms in total.